The largest absolute Gasteiger partial charge is 0.376 e. The molecule has 2 fully saturated rings. The monoisotopic (exact) mass is 324 g/mol. The topological polar surface area (TPSA) is 51.2 Å². The normalized spacial score (nSPS) is 29.1. The van der Waals surface area contributed by atoms with Crippen LogP contribution in [0.5, 0.6) is 0 Å². The summed E-state index contributed by atoms with van der Waals surface area (Å²) < 4.78 is 6.21. The summed E-state index contributed by atoms with van der Waals surface area (Å²) in [6.07, 6.45) is 4.90. The number of hydrogen-bond acceptors (Lipinski definition) is 3. The van der Waals surface area contributed by atoms with Gasteiger partial charge in [-0.2, -0.15) is 0 Å². The average Bonchev–Trinajstić information content (AvgIpc) is 3.28. The Morgan fingerprint density at radius 1 is 1.58 bits per heavy atom. The number of nitrogens with one attached hydrogen (secondary N) is 1. The predicted octanol–water partition coefficient (Wildman–Crippen LogP) is 2.63. The lowest BCUT2D eigenvalue weighted by Gasteiger charge is -2.12. The highest BCUT2D eigenvalue weighted by Crippen LogP contribution is 2.42. The fourth-order valence-electron chi connectivity index (χ4n) is 2.33. The average molecular weight is 325 g/mol. The van der Waals surface area contributed by atoms with Crippen molar-refractivity contribution in [3.05, 3.63) is 28.0 Å². The van der Waals surface area contributed by atoms with E-state index in [0.29, 0.717) is 11.5 Å². The van der Waals surface area contributed by atoms with Crippen LogP contribution in [0.2, 0.25) is 0 Å². The quantitative estimate of drug-likeness (QED) is 0.926. The molecule has 3 rings (SSSR count). The number of aromatic nitrogens is 1. The number of methoxy groups -OCH3 is 1. The summed E-state index contributed by atoms with van der Waals surface area (Å²) in [5, 5.41) is 3.04. The molecule has 102 valence electrons. The van der Waals surface area contributed by atoms with Gasteiger partial charge < -0.3 is 10.1 Å². The minimum absolute atomic E-state index is 0.0403. The number of carbonyl (C=O) groups excluding carboxylic acids is 1. The number of pyridine rings is 1. The van der Waals surface area contributed by atoms with Crippen LogP contribution in [0.3, 0.4) is 0 Å². The molecule has 0 unspecified atom stereocenters. The van der Waals surface area contributed by atoms with Gasteiger partial charge in [0.15, 0.2) is 0 Å². The molecule has 1 heterocycles. The minimum Gasteiger partial charge on any atom is -0.376 e. The van der Waals surface area contributed by atoms with E-state index in [2.05, 4.69) is 26.2 Å². The van der Waals surface area contributed by atoms with E-state index in [1.807, 2.05) is 13.0 Å². The molecule has 0 saturated heterocycles. The maximum atomic E-state index is 12.4. The predicted molar refractivity (Wildman–Crippen MR) is 75.2 cm³/mol. The highest BCUT2D eigenvalue weighted by molar-refractivity contribution is 9.10. The number of ether oxygens (including phenoxy) is 1. The smallest absolute Gasteiger partial charge is 0.253 e. The molecule has 0 bridgehead atoms. The first-order valence-electron chi connectivity index (χ1n) is 6.55. The molecular formula is C14H17BrN2O2. The fraction of sp³-hybridized carbons (Fsp3) is 0.571. The van der Waals surface area contributed by atoms with Gasteiger partial charge in [0.05, 0.1) is 22.9 Å². The summed E-state index contributed by atoms with van der Waals surface area (Å²) in [5.41, 5.74) is 1.43. The first kappa shape index (κ1) is 13.1. The summed E-state index contributed by atoms with van der Waals surface area (Å²) in [7, 11) is 1.68. The Hall–Kier alpha value is -0.940. The fourth-order valence-corrected chi connectivity index (χ4v) is 2.66. The summed E-state index contributed by atoms with van der Waals surface area (Å²) in [6, 6.07) is 1.97. The zero-order valence-corrected chi connectivity index (χ0v) is 12.7. The van der Waals surface area contributed by atoms with Gasteiger partial charge in [-0.15, -0.1) is 0 Å². The van der Waals surface area contributed by atoms with E-state index in [9.17, 15) is 4.79 Å². The molecular weight excluding hydrogens is 308 g/mol. The van der Waals surface area contributed by atoms with Gasteiger partial charge in [0.1, 0.15) is 0 Å². The van der Waals surface area contributed by atoms with Gasteiger partial charge in [0, 0.05) is 30.1 Å². The third-order valence-electron chi connectivity index (χ3n) is 4.05. The number of rotatable bonds is 4. The molecule has 1 aromatic rings. The summed E-state index contributed by atoms with van der Waals surface area (Å²) in [6.45, 7) is 2.01. The third kappa shape index (κ3) is 2.54. The molecule has 2 saturated carbocycles. The second-order valence-electron chi connectivity index (χ2n) is 5.61. The molecule has 5 heteroatoms. The van der Waals surface area contributed by atoms with Crippen LogP contribution in [0, 0.1) is 0 Å². The molecule has 0 radical (unpaired) electrons. The second kappa shape index (κ2) is 4.56. The van der Waals surface area contributed by atoms with E-state index in [1.54, 1.807) is 13.3 Å². The highest BCUT2D eigenvalue weighted by Gasteiger charge is 2.52. The van der Waals surface area contributed by atoms with E-state index >= 15 is 0 Å². The second-order valence-corrected chi connectivity index (χ2v) is 6.52. The third-order valence-corrected chi connectivity index (χ3v) is 4.49. The van der Waals surface area contributed by atoms with Crippen LogP contribution < -0.4 is 5.32 Å². The van der Waals surface area contributed by atoms with Gasteiger partial charge in [-0.05, 0) is 41.8 Å². The van der Waals surface area contributed by atoms with Crippen molar-refractivity contribution in [3.8, 4) is 0 Å². The molecule has 2 aliphatic rings. The number of carbonyl (C=O) groups is 1. The highest BCUT2D eigenvalue weighted by atomic mass is 79.9. The lowest BCUT2D eigenvalue weighted by Crippen LogP contribution is -2.32. The number of hydrogen-bond donors (Lipinski definition) is 1. The molecule has 1 N–H and O–H groups in total. The standard InChI is InChI=1S/C14H17BrN2O2/c1-14(19-2)6-11(14)17-13(18)10-5-9(15)7-16-12(10)8-3-4-8/h5,7-8,11H,3-4,6H2,1-2H3,(H,17,18)/t11-,14+/m1/s1. The molecule has 19 heavy (non-hydrogen) atoms. The van der Waals surface area contributed by atoms with Crippen LogP contribution in [0.4, 0.5) is 0 Å². The van der Waals surface area contributed by atoms with E-state index in [0.717, 1.165) is 29.4 Å². The van der Waals surface area contributed by atoms with Crippen molar-refractivity contribution >= 4 is 21.8 Å². The number of nitrogens with zero attached hydrogens (tertiary/aromatic N) is 1. The number of halogens is 1. The van der Waals surface area contributed by atoms with E-state index in [-0.39, 0.29) is 17.6 Å². The Morgan fingerprint density at radius 3 is 2.89 bits per heavy atom. The molecule has 2 aliphatic carbocycles. The Kier molecular flexibility index (Phi) is 3.14. The minimum atomic E-state index is -0.200. The van der Waals surface area contributed by atoms with E-state index in [4.69, 9.17) is 4.74 Å². The Morgan fingerprint density at radius 2 is 2.32 bits per heavy atom. The Labute approximate surface area is 121 Å². The van der Waals surface area contributed by atoms with Crippen molar-refractivity contribution in [1.29, 1.82) is 0 Å². The van der Waals surface area contributed by atoms with Crippen LogP contribution in [-0.2, 0) is 4.74 Å². The summed E-state index contributed by atoms with van der Waals surface area (Å²) in [4.78, 5) is 16.8. The van der Waals surface area contributed by atoms with Gasteiger partial charge >= 0.3 is 0 Å². The lowest BCUT2D eigenvalue weighted by atomic mass is 10.1. The van der Waals surface area contributed by atoms with Gasteiger partial charge in [-0.1, -0.05) is 0 Å². The van der Waals surface area contributed by atoms with Crippen LogP contribution in [0.25, 0.3) is 0 Å². The van der Waals surface area contributed by atoms with E-state index in [1.165, 1.54) is 0 Å². The Balaban J connectivity index is 1.78. The van der Waals surface area contributed by atoms with Crippen LogP contribution in [0.15, 0.2) is 16.7 Å². The first-order chi connectivity index (χ1) is 9.03. The van der Waals surface area contributed by atoms with Crippen molar-refractivity contribution in [2.24, 2.45) is 0 Å². The number of amides is 1. The molecule has 0 spiro atoms. The SMILES string of the molecule is CO[C@@]1(C)C[C@H]1NC(=O)c1cc(Br)cnc1C1CC1. The lowest BCUT2D eigenvalue weighted by molar-refractivity contribution is 0.0786. The summed E-state index contributed by atoms with van der Waals surface area (Å²) >= 11 is 3.38. The van der Waals surface area contributed by atoms with Crippen LogP contribution in [-0.4, -0.2) is 29.6 Å². The van der Waals surface area contributed by atoms with Crippen molar-refractivity contribution in [1.82, 2.24) is 10.3 Å². The van der Waals surface area contributed by atoms with Crippen molar-refractivity contribution in [2.45, 2.75) is 43.7 Å². The first-order valence-corrected chi connectivity index (χ1v) is 7.34. The van der Waals surface area contributed by atoms with Crippen LogP contribution >= 0.6 is 15.9 Å². The van der Waals surface area contributed by atoms with Crippen LogP contribution in [0.1, 0.15) is 48.2 Å². The van der Waals surface area contributed by atoms with Crippen molar-refractivity contribution < 1.29 is 9.53 Å². The molecule has 2 atom stereocenters. The van der Waals surface area contributed by atoms with Crippen molar-refractivity contribution in [3.63, 3.8) is 0 Å². The van der Waals surface area contributed by atoms with Crippen molar-refractivity contribution in [2.75, 3.05) is 7.11 Å². The molecule has 0 aromatic carbocycles. The molecule has 1 amide bonds. The maximum Gasteiger partial charge on any atom is 0.253 e. The molecule has 0 aliphatic heterocycles. The van der Waals surface area contributed by atoms with Gasteiger partial charge in [-0.25, -0.2) is 0 Å². The zero-order valence-electron chi connectivity index (χ0n) is 11.1. The summed E-state index contributed by atoms with van der Waals surface area (Å²) in [5.74, 6) is 0.420. The van der Waals surface area contributed by atoms with Gasteiger partial charge in [-0.3, -0.25) is 9.78 Å². The molecule has 4 nitrogen and oxygen atoms in total. The molecule has 1 aromatic heterocycles. The Bertz CT molecular complexity index is 530. The maximum absolute atomic E-state index is 12.4. The van der Waals surface area contributed by atoms with Gasteiger partial charge in [0.2, 0.25) is 0 Å². The zero-order chi connectivity index (χ0) is 13.6. The van der Waals surface area contributed by atoms with E-state index < -0.39 is 0 Å². The van der Waals surface area contributed by atoms with Gasteiger partial charge in [0.25, 0.3) is 5.91 Å².